The molecule has 3 rings (SSSR count). The van der Waals surface area contributed by atoms with Crippen molar-refractivity contribution < 1.29 is 4.74 Å². The van der Waals surface area contributed by atoms with Crippen molar-refractivity contribution in [1.29, 1.82) is 0 Å². The van der Waals surface area contributed by atoms with Gasteiger partial charge in [0, 0.05) is 5.38 Å². The van der Waals surface area contributed by atoms with Crippen LogP contribution in [-0.4, -0.2) is 17.1 Å². The summed E-state index contributed by atoms with van der Waals surface area (Å²) >= 11 is 6.63. The fourth-order valence-electron chi connectivity index (χ4n) is 4.08. The van der Waals surface area contributed by atoms with Crippen molar-refractivity contribution in [3.05, 3.63) is 35.9 Å². The number of ether oxygens (including phenoxy) is 1. The molecule has 1 nitrogen and oxygen atoms in total. The average molecular weight is 307 g/mol. The van der Waals surface area contributed by atoms with Crippen LogP contribution in [0, 0.1) is 5.92 Å². The molecule has 0 bridgehead atoms. The summed E-state index contributed by atoms with van der Waals surface area (Å²) in [5, 5.41) is 0.331. The van der Waals surface area contributed by atoms with Crippen LogP contribution >= 0.6 is 11.6 Å². The third kappa shape index (κ3) is 3.81. The molecule has 1 aliphatic carbocycles. The topological polar surface area (TPSA) is 9.23 Å². The van der Waals surface area contributed by atoms with E-state index in [9.17, 15) is 0 Å². The summed E-state index contributed by atoms with van der Waals surface area (Å²) in [6, 6.07) is 10.9. The Balaban J connectivity index is 1.62. The maximum absolute atomic E-state index is 6.63. The third-order valence-corrected chi connectivity index (χ3v) is 5.85. The standard InChI is InChI=1S/C19H27ClO/c1-19(2)11-10-17(21-19)13-16-12-15(8-9-18(16)20)14-6-4-3-5-7-14/h3-7,15-18H,8-13H2,1-2H3. The number of alkyl halides is 1. The second-order valence-electron chi connectivity index (χ2n) is 7.47. The van der Waals surface area contributed by atoms with Gasteiger partial charge < -0.3 is 4.74 Å². The number of rotatable bonds is 3. The first-order chi connectivity index (χ1) is 10.0. The summed E-state index contributed by atoms with van der Waals surface area (Å²) in [5.41, 5.74) is 1.55. The lowest BCUT2D eigenvalue weighted by atomic mass is 9.75. The third-order valence-electron chi connectivity index (χ3n) is 5.28. The van der Waals surface area contributed by atoms with Crippen molar-refractivity contribution >= 4 is 11.6 Å². The van der Waals surface area contributed by atoms with Gasteiger partial charge in [-0.3, -0.25) is 0 Å². The molecular formula is C19H27ClO. The smallest absolute Gasteiger partial charge is 0.0631 e. The van der Waals surface area contributed by atoms with Crippen LogP contribution in [0.2, 0.25) is 0 Å². The molecule has 1 heterocycles. The predicted octanol–water partition coefficient (Wildman–Crippen LogP) is 5.53. The second-order valence-corrected chi connectivity index (χ2v) is 8.03. The van der Waals surface area contributed by atoms with Crippen LogP contribution in [0.3, 0.4) is 0 Å². The fourth-order valence-corrected chi connectivity index (χ4v) is 4.41. The average Bonchev–Trinajstić information content (AvgIpc) is 2.81. The van der Waals surface area contributed by atoms with Crippen LogP contribution in [0.25, 0.3) is 0 Å². The molecule has 0 spiro atoms. The highest BCUT2D eigenvalue weighted by Crippen LogP contribution is 2.43. The van der Waals surface area contributed by atoms with Gasteiger partial charge in [-0.25, -0.2) is 0 Å². The van der Waals surface area contributed by atoms with E-state index >= 15 is 0 Å². The minimum absolute atomic E-state index is 0.0694. The van der Waals surface area contributed by atoms with Crippen molar-refractivity contribution in [3.63, 3.8) is 0 Å². The van der Waals surface area contributed by atoms with Gasteiger partial charge in [0.2, 0.25) is 0 Å². The Morgan fingerprint density at radius 3 is 2.57 bits per heavy atom. The van der Waals surface area contributed by atoms with Gasteiger partial charge in [-0.2, -0.15) is 0 Å². The fraction of sp³-hybridized carbons (Fsp3) is 0.684. The maximum atomic E-state index is 6.63. The van der Waals surface area contributed by atoms with E-state index in [1.807, 2.05) is 0 Å². The van der Waals surface area contributed by atoms with Gasteiger partial charge >= 0.3 is 0 Å². The van der Waals surface area contributed by atoms with Crippen LogP contribution in [0.15, 0.2) is 30.3 Å². The minimum atomic E-state index is 0.0694. The summed E-state index contributed by atoms with van der Waals surface area (Å²) in [6.45, 7) is 4.41. The normalized spacial score (nSPS) is 35.8. The van der Waals surface area contributed by atoms with E-state index in [0.717, 1.165) is 12.8 Å². The van der Waals surface area contributed by atoms with Crippen LogP contribution in [0.5, 0.6) is 0 Å². The summed E-state index contributed by atoms with van der Waals surface area (Å²) in [6.07, 6.45) is 7.52. The molecule has 2 fully saturated rings. The molecule has 0 aromatic heterocycles. The monoisotopic (exact) mass is 306 g/mol. The molecule has 1 aromatic rings. The van der Waals surface area contributed by atoms with Crippen LogP contribution in [0.4, 0.5) is 0 Å². The van der Waals surface area contributed by atoms with Gasteiger partial charge in [0.25, 0.3) is 0 Å². The first-order valence-corrected chi connectivity index (χ1v) is 8.84. The van der Waals surface area contributed by atoms with Gasteiger partial charge in [-0.1, -0.05) is 30.3 Å². The lowest BCUT2D eigenvalue weighted by Gasteiger charge is -2.35. The molecule has 0 amide bonds. The van der Waals surface area contributed by atoms with E-state index in [-0.39, 0.29) is 5.60 Å². The minimum Gasteiger partial charge on any atom is -0.372 e. The summed E-state index contributed by atoms with van der Waals surface area (Å²) in [5.74, 6) is 1.28. The van der Waals surface area contributed by atoms with Crippen LogP contribution in [0.1, 0.15) is 63.9 Å². The van der Waals surface area contributed by atoms with Crippen LogP contribution in [-0.2, 0) is 4.74 Å². The molecule has 4 unspecified atom stereocenters. The molecule has 1 saturated heterocycles. The van der Waals surface area contributed by atoms with E-state index in [1.165, 1.54) is 31.2 Å². The SMILES string of the molecule is CC1(C)CCC(CC2CC(c3ccccc3)CCC2Cl)O1. The number of hydrogen-bond acceptors (Lipinski definition) is 1. The first kappa shape index (κ1) is 15.4. The van der Waals surface area contributed by atoms with E-state index in [1.54, 1.807) is 0 Å². The zero-order valence-corrected chi connectivity index (χ0v) is 14.0. The van der Waals surface area contributed by atoms with E-state index in [4.69, 9.17) is 16.3 Å². The van der Waals surface area contributed by atoms with Gasteiger partial charge in [-0.05, 0) is 69.8 Å². The Morgan fingerprint density at radius 1 is 1.14 bits per heavy atom. The molecule has 1 aromatic carbocycles. The lowest BCUT2D eigenvalue weighted by molar-refractivity contribution is -0.0266. The van der Waals surface area contributed by atoms with Gasteiger partial charge in [0.1, 0.15) is 0 Å². The van der Waals surface area contributed by atoms with Crippen LogP contribution < -0.4 is 0 Å². The van der Waals surface area contributed by atoms with Crippen molar-refractivity contribution in [2.75, 3.05) is 0 Å². The molecule has 2 heteroatoms. The number of benzene rings is 1. The Kier molecular flexibility index (Phi) is 4.61. The highest BCUT2D eigenvalue weighted by molar-refractivity contribution is 6.20. The molecule has 21 heavy (non-hydrogen) atoms. The summed E-state index contributed by atoms with van der Waals surface area (Å²) in [4.78, 5) is 0. The lowest BCUT2D eigenvalue weighted by Crippen LogP contribution is -2.29. The molecular weight excluding hydrogens is 280 g/mol. The Hall–Kier alpha value is -0.530. The van der Waals surface area contributed by atoms with Crippen molar-refractivity contribution in [3.8, 4) is 0 Å². The first-order valence-electron chi connectivity index (χ1n) is 8.40. The largest absolute Gasteiger partial charge is 0.372 e. The number of halogens is 1. The van der Waals surface area contributed by atoms with Crippen molar-refractivity contribution in [2.45, 2.75) is 75.4 Å². The molecule has 2 aliphatic rings. The van der Waals surface area contributed by atoms with Gasteiger partial charge in [-0.15, -0.1) is 11.6 Å². The Labute approximate surface area is 134 Å². The highest BCUT2D eigenvalue weighted by Gasteiger charge is 2.36. The summed E-state index contributed by atoms with van der Waals surface area (Å²) < 4.78 is 6.18. The van der Waals surface area contributed by atoms with Gasteiger partial charge in [0.05, 0.1) is 11.7 Å². The zero-order chi connectivity index (χ0) is 14.9. The zero-order valence-electron chi connectivity index (χ0n) is 13.2. The number of hydrogen-bond donors (Lipinski definition) is 0. The molecule has 1 saturated carbocycles. The van der Waals surface area contributed by atoms with E-state index < -0.39 is 0 Å². The Morgan fingerprint density at radius 2 is 1.90 bits per heavy atom. The molecule has 116 valence electrons. The second kappa shape index (κ2) is 6.30. The molecule has 0 N–H and O–H groups in total. The Bertz CT molecular complexity index is 456. The molecule has 0 radical (unpaired) electrons. The highest BCUT2D eigenvalue weighted by atomic mass is 35.5. The molecule has 4 atom stereocenters. The predicted molar refractivity (Wildman–Crippen MR) is 89.0 cm³/mol. The van der Waals surface area contributed by atoms with Crippen molar-refractivity contribution in [2.24, 2.45) is 5.92 Å². The van der Waals surface area contributed by atoms with E-state index in [2.05, 4.69) is 44.2 Å². The van der Waals surface area contributed by atoms with Gasteiger partial charge in [0.15, 0.2) is 0 Å². The molecule has 1 aliphatic heterocycles. The van der Waals surface area contributed by atoms with Crippen molar-refractivity contribution in [1.82, 2.24) is 0 Å². The van der Waals surface area contributed by atoms with E-state index in [0.29, 0.717) is 23.3 Å². The summed E-state index contributed by atoms with van der Waals surface area (Å²) in [7, 11) is 0. The quantitative estimate of drug-likeness (QED) is 0.668. The maximum Gasteiger partial charge on any atom is 0.0631 e.